The molecule has 5 aromatic carbocycles. The summed E-state index contributed by atoms with van der Waals surface area (Å²) < 4.78 is 0. The standard InChI is InChI=1S/C38H32N4/c1-37(2)25-13-5-9-17-29(25)41(30-18-10-6-14-26(30)37)33-21-22-34(36-35(33)39-23-24-40-36)42-31-19-11-7-15-27(31)38(3,4)28-16-8-12-20-32(28)42/h5-24H,1-4H3. The Labute approximate surface area is 246 Å². The molecular formula is C38H32N4. The van der Waals surface area contributed by atoms with Crippen LogP contribution in [0.1, 0.15) is 49.9 Å². The summed E-state index contributed by atoms with van der Waals surface area (Å²) in [7, 11) is 0. The second-order valence-corrected chi connectivity index (χ2v) is 12.3. The topological polar surface area (TPSA) is 32.3 Å². The minimum atomic E-state index is -0.126. The summed E-state index contributed by atoms with van der Waals surface area (Å²) in [4.78, 5) is 14.8. The van der Waals surface area contributed by atoms with E-state index in [1.54, 1.807) is 0 Å². The van der Waals surface area contributed by atoms with Crippen molar-refractivity contribution in [2.75, 3.05) is 9.80 Å². The first kappa shape index (κ1) is 24.8. The molecule has 0 spiro atoms. The highest BCUT2D eigenvalue weighted by atomic mass is 15.2. The zero-order valence-electron chi connectivity index (χ0n) is 24.3. The van der Waals surface area contributed by atoms with Crippen LogP contribution >= 0.6 is 0 Å². The van der Waals surface area contributed by atoms with Crippen LogP contribution in [0, 0.1) is 0 Å². The molecule has 0 N–H and O–H groups in total. The molecule has 2 aliphatic heterocycles. The Hall–Kier alpha value is -4.96. The van der Waals surface area contributed by atoms with Gasteiger partial charge in [-0.1, -0.05) is 100 Å². The van der Waals surface area contributed by atoms with Crippen molar-refractivity contribution < 1.29 is 0 Å². The van der Waals surface area contributed by atoms with Crippen molar-refractivity contribution in [1.82, 2.24) is 9.97 Å². The van der Waals surface area contributed by atoms with E-state index in [4.69, 9.17) is 9.97 Å². The minimum absolute atomic E-state index is 0.126. The summed E-state index contributed by atoms with van der Waals surface area (Å²) in [5.74, 6) is 0. The fraction of sp³-hybridized carbons (Fsp3) is 0.158. The van der Waals surface area contributed by atoms with Crippen LogP contribution in [0.5, 0.6) is 0 Å². The number of anilines is 6. The van der Waals surface area contributed by atoms with E-state index in [1.807, 2.05) is 12.4 Å². The van der Waals surface area contributed by atoms with Crippen molar-refractivity contribution in [3.8, 4) is 0 Å². The van der Waals surface area contributed by atoms with Gasteiger partial charge >= 0.3 is 0 Å². The lowest BCUT2D eigenvalue weighted by atomic mass is 9.73. The zero-order valence-corrected chi connectivity index (χ0v) is 24.3. The Kier molecular flexibility index (Phi) is 5.18. The maximum absolute atomic E-state index is 5.00. The van der Waals surface area contributed by atoms with Crippen molar-refractivity contribution in [3.05, 3.63) is 144 Å². The van der Waals surface area contributed by atoms with Gasteiger partial charge in [0, 0.05) is 23.2 Å². The summed E-state index contributed by atoms with van der Waals surface area (Å²) in [6.07, 6.45) is 3.62. The second kappa shape index (κ2) is 8.77. The van der Waals surface area contributed by atoms with Gasteiger partial charge in [-0.15, -0.1) is 0 Å². The smallest absolute Gasteiger partial charge is 0.115 e. The third-order valence-electron chi connectivity index (χ3n) is 9.34. The molecule has 0 bridgehead atoms. The second-order valence-electron chi connectivity index (χ2n) is 12.3. The third-order valence-corrected chi connectivity index (χ3v) is 9.34. The normalized spacial score (nSPS) is 15.9. The van der Waals surface area contributed by atoms with Gasteiger partial charge < -0.3 is 9.80 Å². The summed E-state index contributed by atoms with van der Waals surface area (Å²) >= 11 is 0. The van der Waals surface area contributed by atoms with Crippen LogP contribution in [0.3, 0.4) is 0 Å². The van der Waals surface area contributed by atoms with E-state index in [-0.39, 0.29) is 10.8 Å². The monoisotopic (exact) mass is 544 g/mol. The van der Waals surface area contributed by atoms with Gasteiger partial charge in [0.25, 0.3) is 0 Å². The van der Waals surface area contributed by atoms with E-state index >= 15 is 0 Å². The molecule has 0 aliphatic carbocycles. The lowest BCUT2D eigenvalue weighted by Crippen LogP contribution is -2.31. The Morgan fingerprint density at radius 3 is 0.976 bits per heavy atom. The fourth-order valence-corrected chi connectivity index (χ4v) is 7.25. The van der Waals surface area contributed by atoms with Gasteiger partial charge in [0.2, 0.25) is 0 Å². The molecule has 4 nitrogen and oxygen atoms in total. The zero-order chi connectivity index (χ0) is 28.6. The van der Waals surface area contributed by atoms with Crippen molar-refractivity contribution in [2.45, 2.75) is 38.5 Å². The molecule has 0 unspecified atom stereocenters. The third kappa shape index (κ3) is 3.29. The number of nitrogens with zero attached hydrogens (tertiary/aromatic N) is 4. The van der Waals surface area contributed by atoms with Crippen LogP contribution < -0.4 is 9.80 Å². The molecule has 0 fully saturated rings. The molecule has 6 aromatic rings. The maximum Gasteiger partial charge on any atom is 0.115 e. The van der Waals surface area contributed by atoms with Gasteiger partial charge in [0.15, 0.2) is 0 Å². The minimum Gasteiger partial charge on any atom is -0.308 e. The fourth-order valence-electron chi connectivity index (χ4n) is 7.25. The van der Waals surface area contributed by atoms with E-state index in [1.165, 1.54) is 45.0 Å². The van der Waals surface area contributed by atoms with Crippen LogP contribution in [-0.4, -0.2) is 9.97 Å². The Morgan fingerprint density at radius 1 is 0.381 bits per heavy atom. The van der Waals surface area contributed by atoms with Gasteiger partial charge in [-0.2, -0.15) is 0 Å². The summed E-state index contributed by atoms with van der Waals surface area (Å²) in [5.41, 5.74) is 13.4. The number of para-hydroxylation sites is 4. The number of hydrogen-bond acceptors (Lipinski definition) is 4. The number of benzene rings is 5. The van der Waals surface area contributed by atoms with Crippen LogP contribution in [-0.2, 0) is 10.8 Å². The van der Waals surface area contributed by atoms with E-state index in [2.05, 4.69) is 147 Å². The maximum atomic E-state index is 5.00. The Morgan fingerprint density at radius 2 is 0.667 bits per heavy atom. The molecular weight excluding hydrogens is 512 g/mol. The van der Waals surface area contributed by atoms with E-state index in [0.717, 1.165) is 22.4 Å². The first-order valence-corrected chi connectivity index (χ1v) is 14.6. The summed E-state index contributed by atoms with van der Waals surface area (Å²) in [6.45, 7) is 9.26. The summed E-state index contributed by atoms with van der Waals surface area (Å²) in [6, 6.07) is 39.4. The van der Waals surface area contributed by atoms with Crippen molar-refractivity contribution >= 4 is 45.2 Å². The van der Waals surface area contributed by atoms with Crippen molar-refractivity contribution in [1.29, 1.82) is 0 Å². The largest absolute Gasteiger partial charge is 0.308 e. The molecule has 0 amide bonds. The molecule has 4 heteroatoms. The van der Waals surface area contributed by atoms with E-state index < -0.39 is 0 Å². The average Bonchev–Trinajstić information content (AvgIpc) is 3.02. The molecule has 0 atom stereocenters. The molecule has 42 heavy (non-hydrogen) atoms. The number of rotatable bonds is 2. The predicted molar refractivity (Wildman–Crippen MR) is 173 cm³/mol. The molecule has 3 heterocycles. The number of hydrogen-bond donors (Lipinski definition) is 0. The predicted octanol–water partition coefficient (Wildman–Crippen LogP) is 9.85. The highest BCUT2D eigenvalue weighted by molar-refractivity contribution is 6.05. The number of aromatic nitrogens is 2. The molecule has 8 rings (SSSR count). The molecule has 0 saturated heterocycles. The van der Waals surface area contributed by atoms with Crippen molar-refractivity contribution in [3.63, 3.8) is 0 Å². The average molecular weight is 545 g/mol. The highest BCUT2D eigenvalue weighted by Gasteiger charge is 2.39. The van der Waals surface area contributed by atoms with Crippen LogP contribution in [0.25, 0.3) is 11.0 Å². The Balaban J connectivity index is 1.40. The lowest BCUT2D eigenvalue weighted by molar-refractivity contribution is 0.631. The lowest BCUT2D eigenvalue weighted by Gasteiger charge is -2.43. The van der Waals surface area contributed by atoms with Crippen molar-refractivity contribution in [2.24, 2.45) is 0 Å². The quantitative estimate of drug-likeness (QED) is 0.217. The molecule has 204 valence electrons. The van der Waals surface area contributed by atoms with Gasteiger partial charge in [0.1, 0.15) is 11.0 Å². The van der Waals surface area contributed by atoms with Crippen LogP contribution in [0.2, 0.25) is 0 Å². The van der Waals surface area contributed by atoms with Crippen LogP contribution in [0.4, 0.5) is 34.1 Å². The van der Waals surface area contributed by atoms with Gasteiger partial charge in [-0.05, 0) is 58.7 Å². The van der Waals surface area contributed by atoms with Crippen LogP contribution in [0.15, 0.2) is 122 Å². The van der Waals surface area contributed by atoms with Gasteiger partial charge in [-0.3, -0.25) is 9.97 Å². The summed E-state index contributed by atoms with van der Waals surface area (Å²) in [5, 5.41) is 0. The number of fused-ring (bicyclic) bond motifs is 5. The van der Waals surface area contributed by atoms with E-state index in [0.29, 0.717) is 0 Å². The van der Waals surface area contributed by atoms with E-state index in [9.17, 15) is 0 Å². The molecule has 1 aromatic heterocycles. The van der Waals surface area contributed by atoms with Gasteiger partial charge in [0.05, 0.1) is 34.1 Å². The van der Waals surface area contributed by atoms with Gasteiger partial charge in [-0.25, -0.2) is 0 Å². The Bertz CT molecular complexity index is 1780. The molecule has 2 aliphatic rings. The first-order valence-electron chi connectivity index (χ1n) is 14.6. The SMILES string of the molecule is CC1(C)c2ccccc2N(c2ccc(N3c4ccccc4C(C)(C)c4ccccc43)c3nccnc23)c2ccccc21. The molecule has 0 radical (unpaired) electrons. The highest BCUT2D eigenvalue weighted by Crippen LogP contribution is 2.55. The molecule has 0 saturated carbocycles. The first-order chi connectivity index (χ1) is 20.4.